The second-order valence-electron chi connectivity index (χ2n) is 4.36. The lowest BCUT2D eigenvalue weighted by Crippen LogP contribution is -2.15. The summed E-state index contributed by atoms with van der Waals surface area (Å²) in [5, 5.41) is 8.83. The lowest BCUT2D eigenvalue weighted by Gasteiger charge is -2.19. The molecule has 20 heavy (non-hydrogen) atoms. The molecule has 1 heterocycles. The summed E-state index contributed by atoms with van der Waals surface area (Å²) in [5.74, 6) is -0.544. The highest BCUT2D eigenvalue weighted by molar-refractivity contribution is 5.88. The molecule has 2 aromatic carbocycles. The number of carboxylic acids is 1. The van der Waals surface area contributed by atoms with Crippen LogP contribution in [0.15, 0.2) is 36.4 Å². The van der Waals surface area contributed by atoms with Gasteiger partial charge in [-0.15, -0.1) is 0 Å². The summed E-state index contributed by atoms with van der Waals surface area (Å²) in [6.07, 6.45) is 0. The predicted octanol–water partition coefficient (Wildman–Crippen LogP) is 2.96. The summed E-state index contributed by atoms with van der Waals surface area (Å²) in [7, 11) is 0. The first-order chi connectivity index (χ1) is 9.65. The first-order valence-electron chi connectivity index (χ1n) is 6.08. The normalized spacial score (nSPS) is 13.1. The Bertz CT molecular complexity index is 682. The van der Waals surface area contributed by atoms with Gasteiger partial charge >= 0.3 is 5.97 Å². The summed E-state index contributed by atoms with van der Waals surface area (Å²) < 4.78 is 24.8. The van der Waals surface area contributed by atoms with Crippen molar-refractivity contribution < 1.29 is 23.8 Å². The van der Waals surface area contributed by atoms with Crippen molar-refractivity contribution in [2.24, 2.45) is 0 Å². The van der Waals surface area contributed by atoms with Crippen molar-refractivity contribution in [3.63, 3.8) is 0 Å². The molecule has 0 atom stereocenters. The minimum atomic E-state index is -1.15. The van der Waals surface area contributed by atoms with Crippen LogP contribution in [0.1, 0.15) is 10.4 Å². The van der Waals surface area contributed by atoms with Crippen molar-refractivity contribution in [2.45, 2.75) is 0 Å². The minimum absolute atomic E-state index is 0.0798. The third kappa shape index (κ3) is 2.18. The number of hydrogen-bond acceptors (Lipinski definition) is 3. The van der Waals surface area contributed by atoms with Crippen LogP contribution < -0.4 is 9.47 Å². The zero-order valence-corrected chi connectivity index (χ0v) is 10.4. The zero-order valence-electron chi connectivity index (χ0n) is 10.4. The van der Waals surface area contributed by atoms with E-state index in [1.54, 1.807) is 18.2 Å². The van der Waals surface area contributed by atoms with E-state index < -0.39 is 11.8 Å². The fraction of sp³-hybridized carbons (Fsp3) is 0.133. The van der Waals surface area contributed by atoms with Gasteiger partial charge in [0.05, 0.1) is 5.56 Å². The van der Waals surface area contributed by atoms with Crippen molar-refractivity contribution >= 4 is 5.97 Å². The van der Waals surface area contributed by atoms with Gasteiger partial charge in [0.1, 0.15) is 19.0 Å². The first-order valence-corrected chi connectivity index (χ1v) is 6.08. The maximum atomic E-state index is 14.0. The molecule has 0 unspecified atom stereocenters. The van der Waals surface area contributed by atoms with E-state index in [4.69, 9.17) is 14.6 Å². The fourth-order valence-corrected chi connectivity index (χ4v) is 2.09. The average molecular weight is 274 g/mol. The first kappa shape index (κ1) is 12.5. The van der Waals surface area contributed by atoms with Gasteiger partial charge < -0.3 is 14.6 Å². The average Bonchev–Trinajstić information content (AvgIpc) is 2.46. The highest BCUT2D eigenvalue weighted by Crippen LogP contribution is 2.35. The molecule has 1 aliphatic heterocycles. The SMILES string of the molecule is O=C(O)c1ccc(-c2ccc3c(c2)OCCO3)c(F)c1. The Labute approximate surface area is 114 Å². The molecule has 0 aliphatic carbocycles. The van der Waals surface area contributed by atoms with Crippen LogP contribution in [0.25, 0.3) is 11.1 Å². The number of aromatic carboxylic acids is 1. The maximum Gasteiger partial charge on any atom is 0.335 e. The van der Waals surface area contributed by atoms with E-state index in [0.717, 1.165) is 6.07 Å². The van der Waals surface area contributed by atoms with Gasteiger partial charge in [0.2, 0.25) is 0 Å². The number of carbonyl (C=O) groups is 1. The van der Waals surface area contributed by atoms with Gasteiger partial charge in [-0.2, -0.15) is 0 Å². The summed E-state index contributed by atoms with van der Waals surface area (Å²) in [6.45, 7) is 0.949. The second-order valence-corrected chi connectivity index (χ2v) is 4.36. The van der Waals surface area contributed by atoms with Gasteiger partial charge in [0, 0.05) is 5.56 Å². The Hall–Kier alpha value is -2.56. The van der Waals surface area contributed by atoms with Crippen molar-refractivity contribution in [1.82, 2.24) is 0 Å². The third-order valence-corrected chi connectivity index (χ3v) is 3.07. The number of rotatable bonds is 2. The lowest BCUT2D eigenvalue weighted by molar-refractivity contribution is 0.0696. The van der Waals surface area contributed by atoms with E-state index in [9.17, 15) is 9.18 Å². The Morgan fingerprint density at radius 2 is 1.80 bits per heavy atom. The van der Waals surface area contributed by atoms with Crippen LogP contribution in [0.2, 0.25) is 0 Å². The minimum Gasteiger partial charge on any atom is -0.486 e. The van der Waals surface area contributed by atoms with Crippen molar-refractivity contribution in [1.29, 1.82) is 0 Å². The van der Waals surface area contributed by atoms with Crippen LogP contribution in [0.4, 0.5) is 4.39 Å². The zero-order chi connectivity index (χ0) is 14.1. The summed E-state index contributed by atoms with van der Waals surface area (Å²) in [6, 6.07) is 8.95. The Balaban J connectivity index is 2.02. The molecule has 0 saturated carbocycles. The number of ether oxygens (including phenoxy) is 2. The smallest absolute Gasteiger partial charge is 0.335 e. The highest BCUT2D eigenvalue weighted by Gasteiger charge is 2.15. The monoisotopic (exact) mass is 274 g/mol. The molecule has 0 spiro atoms. The molecule has 0 aromatic heterocycles. The molecule has 2 aromatic rings. The van der Waals surface area contributed by atoms with Crippen LogP contribution in [0.5, 0.6) is 11.5 Å². The number of halogens is 1. The van der Waals surface area contributed by atoms with E-state index in [-0.39, 0.29) is 5.56 Å². The quantitative estimate of drug-likeness (QED) is 0.914. The van der Waals surface area contributed by atoms with Crippen LogP contribution >= 0.6 is 0 Å². The Kier molecular flexibility index (Phi) is 3.02. The van der Waals surface area contributed by atoms with E-state index >= 15 is 0 Å². The van der Waals surface area contributed by atoms with Crippen molar-refractivity contribution in [2.75, 3.05) is 13.2 Å². The summed E-state index contributed by atoms with van der Waals surface area (Å²) >= 11 is 0. The van der Waals surface area contributed by atoms with Crippen LogP contribution in [0, 0.1) is 5.82 Å². The van der Waals surface area contributed by atoms with Gasteiger partial charge in [-0.25, -0.2) is 9.18 Å². The lowest BCUT2D eigenvalue weighted by atomic mass is 10.0. The van der Waals surface area contributed by atoms with Crippen LogP contribution in [-0.4, -0.2) is 24.3 Å². The van der Waals surface area contributed by atoms with E-state index in [1.165, 1.54) is 12.1 Å². The molecule has 0 fully saturated rings. The maximum absolute atomic E-state index is 14.0. The largest absolute Gasteiger partial charge is 0.486 e. The molecular formula is C15H11FO4. The van der Waals surface area contributed by atoms with Gasteiger partial charge in [-0.3, -0.25) is 0 Å². The fourth-order valence-electron chi connectivity index (χ4n) is 2.09. The summed E-state index contributed by atoms with van der Waals surface area (Å²) in [4.78, 5) is 10.8. The molecule has 0 radical (unpaired) electrons. The third-order valence-electron chi connectivity index (χ3n) is 3.07. The molecule has 0 saturated heterocycles. The van der Waals surface area contributed by atoms with Crippen LogP contribution in [0.3, 0.4) is 0 Å². The van der Waals surface area contributed by atoms with Crippen LogP contribution in [-0.2, 0) is 0 Å². The molecule has 0 bridgehead atoms. The van der Waals surface area contributed by atoms with E-state index in [2.05, 4.69) is 0 Å². The topological polar surface area (TPSA) is 55.8 Å². The Morgan fingerprint density at radius 3 is 2.50 bits per heavy atom. The highest BCUT2D eigenvalue weighted by atomic mass is 19.1. The van der Waals surface area contributed by atoms with Gasteiger partial charge in [-0.1, -0.05) is 12.1 Å². The molecule has 1 aliphatic rings. The number of fused-ring (bicyclic) bond motifs is 1. The van der Waals surface area contributed by atoms with Crippen molar-refractivity contribution in [3.8, 4) is 22.6 Å². The molecule has 3 rings (SSSR count). The number of benzene rings is 2. The molecular weight excluding hydrogens is 263 g/mol. The number of carboxylic acid groups (broad SMARTS) is 1. The molecule has 1 N–H and O–H groups in total. The predicted molar refractivity (Wildman–Crippen MR) is 69.8 cm³/mol. The van der Waals surface area contributed by atoms with Gasteiger partial charge in [-0.05, 0) is 29.8 Å². The number of hydrogen-bond donors (Lipinski definition) is 1. The molecule has 5 heteroatoms. The Morgan fingerprint density at radius 1 is 1.05 bits per heavy atom. The van der Waals surface area contributed by atoms with E-state index in [1.807, 2.05) is 0 Å². The standard InChI is InChI=1S/C15H11FO4/c16-12-7-10(15(17)18)1-3-11(12)9-2-4-13-14(8-9)20-6-5-19-13/h1-4,7-8H,5-6H2,(H,17,18). The van der Waals surface area contributed by atoms with Gasteiger partial charge in [0.15, 0.2) is 11.5 Å². The van der Waals surface area contributed by atoms with E-state index in [0.29, 0.717) is 35.8 Å². The van der Waals surface area contributed by atoms with Crippen molar-refractivity contribution in [3.05, 3.63) is 47.8 Å². The second kappa shape index (κ2) is 4.85. The molecule has 102 valence electrons. The summed E-state index contributed by atoms with van der Waals surface area (Å²) in [5.41, 5.74) is 0.861. The molecule has 0 amide bonds. The van der Waals surface area contributed by atoms with Gasteiger partial charge in [0.25, 0.3) is 0 Å². The molecule has 4 nitrogen and oxygen atoms in total.